The number of ether oxygens (including phenoxy) is 1. The van der Waals surface area contributed by atoms with Crippen molar-refractivity contribution in [3.63, 3.8) is 0 Å². The van der Waals surface area contributed by atoms with Crippen molar-refractivity contribution in [2.75, 3.05) is 14.2 Å². The number of hydrogen-bond acceptors (Lipinski definition) is 3. The van der Waals surface area contributed by atoms with Crippen molar-refractivity contribution in [2.45, 2.75) is 20.0 Å². The van der Waals surface area contributed by atoms with Crippen molar-refractivity contribution in [3.05, 3.63) is 46.2 Å². The number of benzene rings is 1. The van der Waals surface area contributed by atoms with Gasteiger partial charge in [0.15, 0.2) is 0 Å². The van der Waals surface area contributed by atoms with Gasteiger partial charge in [0, 0.05) is 25.7 Å². The Hall–Kier alpha value is -1.52. The molecule has 0 N–H and O–H groups in total. The van der Waals surface area contributed by atoms with Crippen LogP contribution < -0.4 is 4.74 Å². The maximum absolute atomic E-state index is 6.26. The van der Waals surface area contributed by atoms with Gasteiger partial charge >= 0.3 is 0 Å². The van der Waals surface area contributed by atoms with Crippen LogP contribution in [-0.4, -0.2) is 28.8 Å². The minimum atomic E-state index is 0.708. The molecule has 108 valence electrons. The van der Waals surface area contributed by atoms with Gasteiger partial charge in [0.2, 0.25) is 0 Å². The zero-order chi connectivity index (χ0) is 14.7. The van der Waals surface area contributed by atoms with Crippen LogP contribution in [-0.2, 0) is 20.1 Å². The summed E-state index contributed by atoms with van der Waals surface area (Å²) < 4.78 is 6.96. The second-order valence-electron chi connectivity index (χ2n) is 5.00. The molecule has 0 aliphatic heterocycles. The Morgan fingerprint density at radius 2 is 2.10 bits per heavy atom. The van der Waals surface area contributed by atoms with E-state index in [9.17, 15) is 0 Å². The molecule has 0 spiro atoms. The van der Waals surface area contributed by atoms with Crippen LogP contribution in [0.25, 0.3) is 0 Å². The smallest absolute Gasteiger partial charge is 0.131 e. The second kappa shape index (κ2) is 6.29. The first-order valence-corrected chi connectivity index (χ1v) is 6.88. The molecule has 2 rings (SSSR count). The van der Waals surface area contributed by atoms with E-state index in [2.05, 4.69) is 23.1 Å². The van der Waals surface area contributed by atoms with Crippen molar-refractivity contribution in [3.8, 4) is 5.75 Å². The van der Waals surface area contributed by atoms with Gasteiger partial charge in [-0.05, 0) is 31.7 Å². The van der Waals surface area contributed by atoms with Crippen LogP contribution in [0.15, 0.2) is 24.3 Å². The van der Waals surface area contributed by atoms with Gasteiger partial charge in [0.25, 0.3) is 0 Å². The fourth-order valence-electron chi connectivity index (χ4n) is 2.26. The molecule has 20 heavy (non-hydrogen) atoms. The van der Waals surface area contributed by atoms with E-state index in [0.29, 0.717) is 5.15 Å². The van der Waals surface area contributed by atoms with Crippen LogP contribution in [0.3, 0.4) is 0 Å². The van der Waals surface area contributed by atoms with Gasteiger partial charge in [-0.1, -0.05) is 23.7 Å². The van der Waals surface area contributed by atoms with E-state index < -0.39 is 0 Å². The summed E-state index contributed by atoms with van der Waals surface area (Å²) in [6.07, 6.45) is 0. The van der Waals surface area contributed by atoms with Crippen molar-refractivity contribution in [2.24, 2.45) is 7.05 Å². The first kappa shape index (κ1) is 14.9. The van der Waals surface area contributed by atoms with Crippen LogP contribution in [0.2, 0.25) is 5.15 Å². The Morgan fingerprint density at radius 1 is 1.35 bits per heavy atom. The molecular formula is C15H20ClN3O. The van der Waals surface area contributed by atoms with E-state index in [-0.39, 0.29) is 0 Å². The zero-order valence-electron chi connectivity index (χ0n) is 12.4. The SMILES string of the molecule is COc1cccc(CN(C)Cc2c(C)nn(C)c2Cl)c1. The predicted octanol–water partition coefficient (Wildman–Crippen LogP) is 3.02. The maximum atomic E-state index is 6.26. The number of nitrogens with zero attached hydrogens (tertiary/aromatic N) is 3. The third kappa shape index (κ3) is 3.32. The molecule has 0 radical (unpaired) electrons. The minimum absolute atomic E-state index is 0.708. The van der Waals surface area contributed by atoms with Crippen molar-refractivity contribution < 1.29 is 4.74 Å². The molecule has 5 heteroatoms. The van der Waals surface area contributed by atoms with Crippen LogP contribution >= 0.6 is 11.6 Å². The third-order valence-electron chi connectivity index (χ3n) is 3.28. The summed E-state index contributed by atoms with van der Waals surface area (Å²) in [5, 5.41) is 5.04. The molecule has 0 saturated heterocycles. The fraction of sp³-hybridized carbons (Fsp3) is 0.400. The first-order valence-electron chi connectivity index (χ1n) is 6.50. The monoisotopic (exact) mass is 293 g/mol. The summed E-state index contributed by atoms with van der Waals surface area (Å²) in [7, 11) is 5.62. The van der Waals surface area contributed by atoms with E-state index in [4.69, 9.17) is 16.3 Å². The first-order chi connectivity index (χ1) is 9.51. The molecule has 2 aromatic rings. The summed E-state index contributed by atoms with van der Waals surface area (Å²) in [4.78, 5) is 2.21. The average Bonchev–Trinajstić information content (AvgIpc) is 2.65. The summed E-state index contributed by atoms with van der Waals surface area (Å²) in [6, 6.07) is 8.10. The van der Waals surface area contributed by atoms with Crippen LogP contribution in [0, 0.1) is 6.92 Å². The number of halogens is 1. The van der Waals surface area contributed by atoms with Gasteiger partial charge < -0.3 is 4.74 Å². The van der Waals surface area contributed by atoms with Gasteiger partial charge in [0.1, 0.15) is 10.9 Å². The Bertz CT molecular complexity index is 595. The highest BCUT2D eigenvalue weighted by Gasteiger charge is 2.13. The standard InChI is InChI=1S/C15H20ClN3O/c1-11-14(15(16)19(3)17-11)10-18(2)9-12-6-5-7-13(8-12)20-4/h5-8H,9-10H2,1-4H3. The number of aromatic nitrogens is 2. The molecule has 0 aliphatic carbocycles. The lowest BCUT2D eigenvalue weighted by Gasteiger charge is -2.17. The molecule has 0 fully saturated rings. The Balaban J connectivity index is 2.06. The minimum Gasteiger partial charge on any atom is -0.497 e. The molecular weight excluding hydrogens is 274 g/mol. The van der Waals surface area contributed by atoms with Gasteiger partial charge in [0.05, 0.1) is 12.8 Å². The third-order valence-corrected chi connectivity index (χ3v) is 3.76. The van der Waals surface area contributed by atoms with Crippen molar-refractivity contribution in [1.82, 2.24) is 14.7 Å². The van der Waals surface area contributed by atoms with Crippen LogP contribution in [0.5, 0.6) is 5.75 Å². The Kier molecular flexibility index (Phi) is 4.68. The molecule has 1 aromatic carbocycles. The molecule has 0 bridgehead atoms. The van der Waals surface area contributed by atoms with Gasteiger partial charge in [-0.3, -0.25) is 9.58 Å². The topological polar surface area (TPSA) is 30.3 Å². The predicted molar refractivity (Wildman–Crippen MR) is 81.1 cm³/mol. The molecule has 0 amide bonds. The van der Waals surface area contributed by atoms with E-state index in [1.54, 1.807) is 11.8 Å². The molecule has 4 nitrogen and oxygen atoms in total. The van der Waals surface area contributed by atoms with E-state index in [1.807, 2.05) is 32.2 Å². The highest BCUT2D eigenvalue weighted by atomic mass is 35.5. The highest BCUT2D eigenvalue weighted by Crippen LogP contribution is 2.21. The van der Waals surface area contributed by atoms with E-state index >= 15 is 0 Å². The molecule has 0 aliphatic rings. The lowest BCUT2D eigenvalue weighted by atomic mass is 10.2. The summed E-state index contributed by atoms with van der Waals surface area (Å²) >= 11 is 6.26. The largest absolute Gasteiger partial charge is 0.497 e. The zero-order valence-corrected chi connectivity index (χ0v) is 13.1. The number of rotatable bonds is 5. The number of aryl methyl sites for hydroxylation is 2. The van der Waals surface area contributed by atoms with E-state index in [1.165, 1.54) is 5.56 Å². The van der Waals surface area contributed by atoms with Crippen molar-refractivity contribution in [1.29, 1.82) is 0 Å². The lowest BCUT2D eigenvalue weighted by molar-refractivity contribution is 0.317. The van der Waals surface area contributed by atoms with Crippen LogP contribution in [0.4, 0.5) is 0 Å². The highest BCUT2D eigenvalue weighted by molar-refractivity contribution is 6.30. The van der Waals surface area contributed by atoms with E-state index in [0.717, 1.165) is 30.1 Å². The number of methoxy groups -OCH3 is 1. The molecule has 0 unspecified atom stereocenters. The summed E-state index contributed by atoms with van der Waals surface area (Å²) in [5.41, 5.74) is 3.28. The molecule has 0 saturated carbocycles. The molecule has 0 atom stereocenters. The number of hydrogen-bond donors (Lipinski definition) is 0. The maximum Gasteiger partial charge on any atom is 0.131 e. The van der Waals surface area contributed by atoms with Gasteiger partial charge in [-0.2, -0.15) is 5.10 Å². The second-order valence-corrected chi connectivity index (χ2v) is 5.36. The average molecular weight is 294 g/mol. The molecule has 1 aromatic heterocycles. The quantitative estimate of drug-likeness (QED) is 0.849. The van der Waals surface area contributed by atoms with Crippen molar-refractivity contribution >= 4 is 11.6 Å². The fourth-order valence-corrected chi connectivity index (χ4v) is 2.50. The normalized spacial score (nSPS) is 11.1. The lowest BCUT2D eigenvalue weighted by Crippen LogP contribution is -2.17. The van der Waals surface area contributed by atoms with Crippen LogP contribution in [0.1, 0.15) is 16.8 Å². The molecule has 1 heterocycles. The summed E-state index contributed by atoms with van der Waals surface area (Å²) in [6.45, 7) is 3.60. The summed E-state index contributed by atoms with van der Waals surface area (Å²) in [5.74, 6) is 0.881. The van der Waals surface area contributed by atoms with Gasteiger partial charge in [-0.15, -0.1) is 0 Å². The Morgan fingerprint density at radius 3 is 2.70 bits per heavy atom. The Labute approximate surface area is 124 Å². The van der Waals surface area contributed by atoms with Gasteiger partial charge in [-0.25, -0.2) is 0 Å².